The highest BCUT2D eigenvalue weighted by Crippen LogP contribution is 2.25. The molecular formula is C23H34N4O2S. The number of nitrogens with one attached hydrogen (secondary N) is 2. The van der Waals surface area contributed by atoms with E-state index in [1.807, 2.05) is 30.0 Å². The van der Waals surface area contributed by atoms with Gasteiger partial charge in [0.15, 0.2) is 5.11 Å². The van der Waals surface area contributed by atoms with Crippen LogP contribution in [0.1, 0.15) is 56.3 Å². The molecular weight excluding hydrogens is 396 g/mol. The number of rotatable bonds is 5. The lowest BCUT2D eigenvalue weighted by molar-refractivity contribution is -0.138. The number of hydrogen-bond acceptors (Lipinski definition) is 3. The lowest BCUT2D eigenvalue weighted by Crippen LogP contribution is -2.57. The number of amides is 2. The fourth-order valence-electron chi connectivity index (χ4n) is 4.50. The average Bonchev–Trinajstić information content (AvgIpc) is 2.78. The summed E-state index contributed by atoms with van der Waals surface area (Å²) in [5, 5.41) is 7.07. The van der Waals surface area contributed by atoms with Gasteiger partial charge in [-0.25, -0.2) is 0 Å². The normalized spacial score (nSPS) is 21.1. The van der Waals surface area contributed by atoms with Crippen molar-refractivity contribution < 1.29 is 9.59 Å². The highest BCUT2D eigenvalue weighted by atomic mass is 32.1. The Morgan fingerprint density at radius 1 is 1.10 bits per heavy atom. The fourth-order valence-corrected chi connectivity index (χ4v) is 4.83. The van der Waals surface area contributed by atoms with Crippen LogP contribution in [0.5, 0.6) is 0 Å². The van der Waals surface area contributed by atoms with Gasteiger partial charge in [0.05, 0.1) is 0 Å². The molecule has 30 heavy (non-hydrogen) atoms. The van der Waals surface area contributed by atoms with Gasteiger partial charge in [0.25, 0.3) is 5.91 Å². The first-order valence-electron chi connectivity index (χ1n) is 11.2. The van der Waals surface area contributed by atoms with Crippen LogP contribution in [0.25, 0.3) is 0 Å². The van der Waals surface area contributed by atoms with Crippen LogP contribution in [0, 0.1) is 5.92 Å². The molecule has 0 aromatic heterocycles. The predicted octanol–water partition coefficient (Wildman–Crippen LogP) is 2.79. The second-order valence-electron chi connectivity index (χ2n) is 8.35. The van der Waals surface area contributed by atoms with Gasteiger partial charge in [-0.1, -0.05) is 18.2 Å². The molecule has 2 aliphatic rings. The highest BCUT2D eigenvalue weighted by molar-refractivity contribution is 7.80. The van der Waals surface area contributed by atoms with Gasteiger partial charge in [0, 0.05) is 37.8 Å². The van der Waals surface area contributed by atoms with E-state index < -0.39 is 6.04 Å². The van der Waals surface area contributed by atoms with E-state index in [-0.39, 0.29) is 23.8 Å². The van der Waals surface area contributed by atoms with Crippen molar-refractivity contribution in [2.24, 2.45) is 5.92 Å². The lowest BCUT2D eigenvalue weighted by Gasteiger charge is -2.41. The molecule has 2 N–H and O–H groups in total. The average molecular weight is 431 g/mol. The van der Waals surface area contributed by atoms with Crippen molar-refractivity contribution >= 4 is 29.1 Å². The number of nitrogens with zero attached hydrogens (tertiary/aromatic N) is 2. The summed E-state index contributed by atoms with van der Waals surface area (Å²) >= 11 is 5.45. The second kappa shape index (κ2) is 10.8. The SMILES string of the molecule is CCNC(=S)N1CCC(C(NC(=O)c2ccccc2)C(=O)N2CCCCC2C)CC1. The molecule has 2 saturated heterocycles. The van der Waals surface area contributed by atoms with Crippen molar-refractivity contribution in [1.82, 2.24) is 20.4 Å². The molecule has 7 heteroatoms. The summed E-state index contributed by atoms with van der Waals surface area (Å²) < 4.78 is 0. The van der Waals surface area contributed by atoms with Crippen molar-refractivity contribution in [2.75, 3.05) is 26.2 Å². The van der Waals surface area contributed by atoms with Gasteiger partial charge < -0.3 is 20.4 Å². The largest absolute Gasteiger partial charge is 0.363 e. The number of hydrogen-bond donors (Lipinski definition) is 2. The molecule has 0 bridgehead atoms. The molecule has 0 saturated carbocycles. The molecule has 2 aliphatic heterocycles. The van der Waals surface area contributed by atoms with Crippen LogP contribution in [0.4, 0.5) is 0 Å². The van der Waals surface area contributed by atoms with E-state index in [9.17, 15) is 9.59 Å². The summed E-state index contributed by atoms with van der Waals surface area (Å²) in [5.41, 5.74) is 0.591. The third kappa shape index (κ3) is 5.50. The minimum absolute atomic E-state index is 0.0687. The number of benzene rings is 1. The number of likely N-dealkylation sites (tertiary alicyclic amines) is 2. The lowest BCUT2D eigenvalue weighted by atomic mass is 9.87. The van der Waals surface area contributed by atoms with Crippen LogP contribution in [0.3, 0.4) is 0 Å². The first kappa shape index (κ1) is 22.5. The molecule has 6 nitrogen and oxygen atoms in total. The van der Waals surface area contributed by atoms with E-state index in [4.69, 9.17) is 12.2 Å². The Labute approximate surface area is 185 Å². The zero-order valence-corrected chi connectivity index (χ0v) is 18.9. The van der Waals surface area contributed by atoms with Gasteiger partial charge in [0.1, 0.15) is 6.04 Å². The molecule has 2 fully saturated rings. The summed E-state index contributed by atoms with van der Waals surface area (Å²) in [6, 6.07) is 8.89. The van der Waals surface area contributed by atoms with Gasteiger partial charge in [-0.05, 0) is 76.2 Å². The van der Waals surface area contributed by atoms with Crippen molar-refractivity contribution in [3.05, 3.63) is 35.9 Å². The molecule has 3 rings (SSSR count). The van der Waals surface area contributed by atoms with Crippen LogP contribution in [0.15, 0.2) is 30.3 Å². The Morgan fingerprint density at radius 2 is 1.80 bits per heavy atom. The van der Waals surface area contributed by atoms with Crippen LogP contribution in [-0.4, -0.2) is 65.0 Å². The van der Waals surface area contributed by atoms with Crippen molar-refractivity contribution in [3.8, 4) is 0 Å². The van der Waals surface area contributed by atoms with Crippen molar-refractivity contribution in [1.29, 1.82) is 0 Å². The number of carbonyl (C=O) groups is 2. The van der Waals surface area contributed by atoms with Gasteiger partial charge in [-0.3, -0.25) is 9.59 Å². The fraction of sp³-hybridized carbons (Fsp3) is 0.609. The van der Waals surface area contributed by atoms with Gasteiger partial charge in [-0.15, -0.1) is 0 Å². The maximum atomic E-state index is 13.6. The van der Waals surface area contributed by atoms with E-state index in [2.05, 4.69) is 22.5 Å². The van der Waals surface area contributed by atoms with Crippen LogP contribution in [0.2, 0.25) is 0 Å². The number of carbonyl (C=O) groups excluding carboxylic acids is 2. The summed E-state index contributed by atoms with van der Waals surface area (Å²) in [4.78, 5) is 30.6. The molecule has 2 heterocycles. The molecule has 1 aromatic carbocycles. The topological polar surface area (TPSA) is 64.7 Å². The highest BCUT2D eigenvalue weighted by Gasteiger charge is 2.37. The summed E-state index contributed by atoms with van der Waals surface area (Å²) in [6.07, 6.45) is 4.88. The van der Waals surface area contributed by atoms with Crippen LogP contribution < -0.4 is 10.6 Å². The molecule has 1 aromatic rings. The Hall–Kier alpha value is -2.15. The van der Waals surface area contributed by atoms with E-state index >= 15 is 0 Å². The number of thiocarbonyl (C=S) groups is 1. The van der Waals surface area contributed by atoms with E-state index in [0.717, 1.165) is 63.4 Å². The standard InChI is InChI=1S/C23H34N4O2S/c1-3-24-23(30)26-15-12-18(13-16-26)20(22(29)27-14-8-7-9-17(27)2)25-21(28)19-10-5-4-6-11-19/h4-6,10-11,17-18,20H,3,7-9,12-16H2,1-2H3,(H,24,30)(H,25,28). The molecule has 0 aliphatic carbocycles. The molecule has 2 amide bonds. The number of piperidine rings is 2. The molecule has 164 valence electrons. The first-order chi connectivity index (χ1) is 14.5. The smallest absolute Gasteiger partial charge is 0.251 e. The predicted molar refractivity (Wildman–Crippen MR) is 123 cm³/mol. The minimum Gasteiger partial charge on any atom is -0.363 e. The second-order valence-corrected chi connectivity index (χ2v) is 8.74. The van der Waals surface area contributed by atoms with Crippen LogP contribution in [-0.2, 0) is 4.79 Å². The third-order valence-corrected chi connectivity index (χ3v) is 6.70. The third-order valence-electron chi connectivity index (χ3n) is 6.30. The van der Waals surface area contributed by atoms with Crippen molar-refractivity contribution in [3.63, 3.8) is 0 Å². The maximum absolute atomic E-state index is 13.6. The Morgan fingerprint density at radius 3 is 2.43 bits per heavy atom. The van der Waals surface area contributed by atoms with Gasteiger partial charge in [-0.2, -0.15) is 0 Å². The molecule has 2 unspecified atom stereocenters. The van der Waals surface area contributed by atoms with Crippen molar-refractivity contribution in [2.45, 2.75) is 58.0 Å². The zero-order valence-electron chi connectivity index (χ0n) is 18.1. The molecule has 0 radical (unpaired) electrons. The molecule has 0 spiro atoms. The van der Waals surface area contributed by atoms with E-state index in [1.54, 1.807) is 12.1 Å². The first-order valence-corrected chi connectivity index (χ1v) is 11.6. The van der Waals surface area contributed by atoms with Crippen LogP contribution >= 0.6 is 12.2 Å². The zero-order chi connectivity index (χ0) is 21.5. The molecule has 2 atom stereocenters. The van der Waals surface area contributed by atoms with Gasteiger partial charge >= 0.3 is 0 Å². The maximum Gasteiger partial charge on any atom is 0.251 e. The summed E-state index contributed by atoms with van der Waals surface area (Å²) in [7, 11) is 0. The monoisotopic (exact) mass is 430 g/mol. The van der Waals surface area contributed by atoms with Gasteiger partial charge in [0.2, 0.25) is 5.91 Å². The Kier molecular flexibility index (Phi) is 8.08. The van der Waals surface area contributed by atoms with E-state index in [1.165, 1.54) is 0 Å². The summed E-state index contributed by atoms with van der Waals surface area (Å²) in [6.45, 7) is 7.34. The summed E-state index contributed by atoms with van der Waals surface area (Å²) in [5.74, 6) is 0.00312. The quantitative estimate of drug-likeness (QED) is 0.704. The Bertz CT molecular complexity index is 734. The Balaban J connectivity index is 1.73. The minimum atomic E-state index is -0.492. The van der Waals surface area contributed by atoms with E-state index in [0.29, 0.717) is 5.56 Å².